The second-order valence-corrected chi connectivity index (χ2v) is 10.3. The molecular weight excluding hydrogens is 478 g/mol. The van der Waals surface area contributed by atoms with E-state index in [1.54, 1.807) is 6.92 Å². The van der Waals surface area contributed by atoms with Crippen molar-refractivity contribution in [2.45, 2.75) is 71.7 Å². The molecule has 1 unspecified atom stereocenters. The average Bonchev–Trinajstić information content (AvgIpc) is 2.79. The van der Waals surface area contributed by atoms with Gasteiger partial charge in [0.2, 0.25) is 17.7 Å². The van der Waals surface area contributed by atoms with Crippen LogP contribution in [0.15, 0.2) is 0 Å². The van der Waals surface area contributed by atoms with Crippen LogP contribution in [0.2, 0.25) is 0 Å². The van der Waals surface area contributed by atoms with Gasteiger partial charge < -0.3 is 30.2 Å². The zero-order valence-electron chi connectivity index (χ0n) is 21.3. The van der Waals surface area contributed by atoms with Crippen molar-refractivity contribution in [1.82, 2.24) is 16.0 Å². The average molecular weight is 518 g/mol. The molecule has 0 radical (unpaired) electrons. The van der Waals surface area contributed by atoms with Crippen LogP contribution in [-0.2, 0) is 38.2 Å². The van der Waals surface area contributed by atoms with E-state index in [2.05, 4.69) is 20.7 Å². The van der Waals surface area contributed by atoms with Gasteiger partial charge in [0.1, 0.15) is 6.10 Å². The number of nitrogens with one attached hydrogen (secondary N) is 3. The molecule has 0 bridgehead atoms. The fraction of sp³-hybridized carbons (Fsp3) is 0.783. The van der Waals surface area contributed by atoms with Crippen molar-refractivity contribution in [2.24, 2.45) is 5.41 Å². The summed E-state index contributed by atoms with van der Waals surface area (Å²) in [7, 11) is 1.27. The van der Waals surface area contributed by atoms with Crippen LogP contribution >= 0.6 is 11.8 Å². The number of esters is 1. The molecule has 0 aliphatic carbocycles. The van der Waals surface area contributed by atoms with Gasteiger partial charge in [-0.25, -0.2) is 0 Å². The molecule has 3 amide bonds. The van der Waals surface area contributed by atoms with Crippen LogP contribution in [0.5, 0.6) is 0 Å². The lowest BCUT2D eigenvalue weighted by molar-refractivity contribution is -0.315. The van der Waals surface area contributed by atoms with Crippen molar-refractivity contribution in [3.63, 3.8) is 0 Å². The molecule has 1 heterocycles. The van der Waals surface area contributed by atoms with Crippen LogP contribution in [0.25, 0.3) is 0 Å². The minimum Gasteiger partial charge on any atom is -0.469 e. The number of carbonyl (C=O) groups excluding carboxylic acids is 5. The van der Waals surface area contributed by atoms with Gasteiger partial charge in [-0.15, -0.1) is 0 Å². The Hall–Kier alpha value is -2.18. The van der Waals surface area contributed by atoms with Gasteiger partial charge >= 0.3 is 5.97 Å². The zero-order chi connectivity index (χ0) is 26.5. The first kappa shape index (κ1) is 30.9. The minimum atomic E-state index is -0.945. The Morgan fingerprint density at radius 1 is 0.971 bits per heavy atom. The summed E-state index contributed by atoms with van der Waals surface area (Å²) in [6.07, 6.45) is 0.620. The van der Waals surface area contributed by atoms with Crippen LogP contribution in [0.1, 0.15) is 59.8 Å². The van der Waals surface area contributed by atoms with E-state index in [1.807, 2.05) is 13.8 Å². The third-order valence-electron chi connectivity index (χ3n) is 5.35. The first-order chi connectivity index (χ1) is 16.4. The maximum absolute atomic E-state index is 12.8. The maximum atomic E-state index is 12.8. The molecule has 0 aromatic rings. The number of rotatable bonds is 14. The predicted molar refractivity (Wildman–Crippen MR) is 130 cm³/mol. The first-order valence-corrected chi connectivity index (χ1v) is 12.7. The van der Waals surface area contributed by atoms with Crippen LogP contribution < -0.4 is 16.0 Å². The largest absolute Gasteiger partial charge is 0.469 e. The molecule has 0 spiro atoms. The number of ether oxygens (including phenoxy) is 3. The second kappa shape index (κ2) is 15.0. The van der Waals surface area contributed by atoms with E-state index in [0.29, 0.717) is 38.3 Å². The lowest BCUT2D eigenvalue weighted by Gasteiger charge is -2.46. The molecule has 12 heteroatoms. The highest BCUT2D eigenvalue weighted by Crippen LogP contribution is 2.37. The topological polar surface area (TPSA) is 149 Å². The van der Waals surface area contributed by atoms with E-state index in [9.17, 15) is 24.0 Å². The molecule has 1 saturated heterocycles. The van der Waals surface area contributed by atoms with E-state index in [-0.39, 0.29) is 48.6 Å². The van der Waals surface area contributed by atoms with Crippen molar-refractivity contribution < 1.29 is 38.2 Å². The normalized spacial score (nSPS) is 21.0. The first-order valence-electron chi connectivity index (χ1n) is 11.7. The fourth-order valence-electron chi connectivity index (χ4n) is 3.28. The number of hydrogen-bond acceptors (Lipinski definition) is 9. The number of methoxy groups -OCH3 is 1. The highest BCUT2D eigenvalue weighted by atomic mass is 32.2. The summed E-state index contributed by atoms with van der Waals surface area (Å²) in [5, 5.41) is 8.04. The van der Waals surface area contributed by atoms with Gasteiger partial charge in [-0.2, -0.15) is 0 Å². The lowest BCUT2D eigenvalue weighted by atomic mass is 9.85. The molecule has 0 aromatic heterocycles. The summed E-state index contributed by atoms with van der Waals surface area (Å²) >= 11 is 1.05. The smallest absolute Gasteiger partial charge is 0.305 e. The second-order valence-electron chi connectivity index (χ2n) is 9.18. The fourth-order valence-corrected chi connectivity index (χ4v) is 3.96. The Morgan fingerprint density at radius 2 is 1.69 bits per heavy atom. The zero-order valence-corrected chi connectivity index (χ0v) is 22.1. The number of hydrogen-bond donors (Lipinski definition) is 3. The molecule has 2 atom stereocenters. The maximum Gasteiger partial charge on any atom is 0.305 e. The van der Waals surface area contributed by atoms with Gasteiger partial charge in [-0.3, -0.25) is 24.0 Å². The Balaban J connectivity index is 2.34. The minimum absolute atomic E-state index is 0.0399. The third-order valence-corrected chi connectivity index (χ3v) is 6.28. The monoisotopic (exact) mass is 517 g/mol. The molecule has 11 nitrogen and oxygen atoms in total. The highest BCUT2D eigenvalue weighted by molar-refractivity contribution is 8.13. The van der Waals surface area contributed by atoms with Crippen molar-refractivity contribution in [3.8, 4) is 0 Å². The Labute approximate surface area is 211 Å². The molecule has 35 heavy (non-hydrogen) atoms. The van der Waals surface area contributed by atoms with Crippen LogP contribution in [0, 0.1) is 5.41 Å². The van der Waals surface area contributed by atoms with E-state index < -0.39 is 23.3 Å². The molecule has 0 saturated carbocycles. The molecule has 1 rings (SSSR count). The van der Waals surface area contributed by atoms with Crippen molar-refractivity contribution >= 4 is 40.6 Å². The van der Waals surface area contributed by atoms with Crippen molar-refractivity contribution in [3.05, 3.63) is 0 Å². The van der Waals surface area contributed by atoms with E-state index in [1.165, 1.54) is 14.0 Å². The summed E-state index contributed by atoms with van der Waals surface area (Å²) in [6.45, 7) is 8.26. The SMILES string of the molecule is COC(=O)CCC(=O)SCCNC(=O)CCNC(=O)[C@@H]1OC(C)(CCCNC(C)=O)OCC1(C)C. The van der Waals surface area contributed by atoms with Gasteiger partial charge in [0.15, 0.2) is 10.9 Å². The summed E-state index contributed by atoms with van der Waals surface area (Å²) in [6, 6.07) is 0. The van der Waals surface area contributed by atoms with Gasteiger partial charge in [-0.05, 0) is 13.3 Å². The summed E-state index contributed by atoms with van der Waals surface area (Å²) < 4.78 is 16.4. The quantitative estimate of drug-likeness (QED) is 0.226. The van der Waals surface area contributed by atoms with Crippen LogP contribution in [-0.4, -0.2) is 79.8 Å². The molecule has 200 valence electrons. The van der Waals surface area contributed by atoms with Crippen molar-refractivity contribution in [1.29, 1.82) is 0 Å². The summed E-state index contributed by atoms with van der Waals surface area (Å²) in [5.41, 5.74) is -0.554. The van der Waals surface area contributed by atoms with E-state index in [4.69, 9.17) is 9.47 Å². The number of thioether (sulfide) groups is 1. The Kier molecular flexibility index (Phi) is 13.3. The lowest BCUT2D eigenvalue weighted by Crippen LogP contribution is -2.57. The van der Waals surface area contributed by atoms with E-state index in [0.717, 1.165) is 11.8 Å². The molecule has 1 aliphatic heterocycles. The molecule has 0 aromatic carbocycles. The molecule has 1 fully saturated rings. The van der Waals surface area contributed by atoms with Crippen molar-refractivity contribution in [2.75, 3.05) is 39.1 Å². The molecular formula is C23H39N3O8S. The van der Waals surface area contributed by atoms with Gasteiger partial charge in [-0.1, -0.05) is 25.6 Å². The summed E-state index contributed by atoms with van der Waals surface area (Å²) in [5.74, 6) is -1.66. The number of amides is 3. The molecule has 3 N–H and O–H groups in total. The van der Waals surface area contributed by atoms with Gasteiger partial charge in [0, 0.05) is 57.0 Å². The van der Waals surface area contributed by atoms with E-state index >= 15 is 0 Å². The Morgan fingerprint density at radius 3 is 2.34 bits per heavy atom. The number of carbonyl (C=O) groups is 5. The third kappa shape index (κ3) is 12.4. The van der Waals surface area contributed by atoms with Gasteiger partial charge in [0.05, 0.1) is 20.1 Å². The van der Waals surface area contributed by atoms with Crippen LogP contribution in [0.4, 0.5) is 0 Å². The standard InChI is InChI=1S/C23H39N3O8S/c1-16(27)24-11-6-10-23(4)33-15-22(2,3)20(34-23)21(31)26-12-9-17(28)25-13-14-35-19(30)8-7-18(29)32-5/h20H,6-15H2,1-5H3,(H,24,27)(H,25,28)(H,26,31)/t20-,23?/m0/s1. The van der Waals surface area contributed by atoms with Gasteiger partial charge in [0.25, 0.3) is 0 Å². The van der Waals surface area contributed by atoms with Crippen LogP contribution in [0.3, 0.4) is 0 Å². The predicted octanol–water partition coefficient (Wildman–Crippen LogP) is 0.896. The summed E-state index contributed by atoms with van der Waals surface area (Å²) in [4.78, 5) is 58.6. The molecule has 1 aliphatic rings. The Bertz CT molecular complexity index is 761. The highest BCUT2D eigenvalue weighted by Gasteiger charge is 2.47.